The van der Waals surface area contributed by atoms with E-state index in [1.807, 2.05) is 30.3 Å². The Hall–Kier alpha value is -1.92. The third-order valence-electron chi connectivity index (χ3n) is 3.83. The predicted octanol–water partition coefficient (Wildman–Crippen LogP) is 3.30. The first-order chi connectivity index (χ1) is 10.9. The number of aryl methyl sites for hydroxylation is 2. The van der Waals surface area contributed by atoms with E-state index >= 15 is 0 Å². The van der Waals surface area contributed by atoms with Crippen LogP contribution in [0.25, 0.3) is 0 Å². The Morgan fingerprint density at radius 2 is 1.83 bits per heavy atom. The lowest BCUT2D eigenvalue weighted by atomic mass is 10.0. The molecule has 1 aromatic carbocycles. The van der Waals surface area contributed by atoms with E-state index in [0.717, 1.165) is 12.8 Å². The fourth-order valence-corrected chi connectivity index (χ4v) is 3.50. The first-order valence-electron chi connectivity index (χ1n) is 7.60. The summed E-state index contributed by atoms with van der Waals surface area (Å²) in [6.45, 7) is 1.63. The fraction of sp³-hybridized carbons (Fsp3) is 0.353. The zero-order chi connectivity index (χ0) is 16.9. The van der Waals surface area contributed by atoms with Gasteiger partial charge in [0, 0.05) is 6.20 Å². The number of hydrogen-bond donors (Lipinski definition) is 2. The second-order valence-electron chi connectivity index (χ2n) is 5.45. The van der Waals surface area contributed by atoms with Gasteiger partial charge in [-0.15, -0.1) is 0 Å². The van der Waals surface area contributed by atoms with Crippen molar-refractivity contribution in [1.82, 2.24) is 4.98 Å². The number of pyridine rings is 1. The Kier molecular flexibility index (Phi) is 5.74. The Morgan fingerprint density at radius 1 is 1.13 bits per heavy atom. The molecule has 2 N–H and O–H groups in total. The standard InChI is InChI=1S/C17H21NO4S/c1-2-15(23(20,21)22)16-17(19)14(11-12-18-16)10-6-9-13-7-4-3-5-8-13/h3-5,7-8,11-12,15,19H,2,6,9-10H2,1H3,(H,20,21,22). The first-order valence-corrected chi connectivity index (χ1v) is 9.10. The summed E-state index contributed by atoms with van der Waals surface area (Å²) >= 11 is 0. The van der Waals surface area contributed by atoms with E-state index in [-0.39, 0.29) is 17.9 Å². The molecule has 2 aromatic rings. The second-order valence-corrected chi connectivity index (χ2v) is 7.05. The van der Waals surface area contributed by atoms with Gasteiger partial charge in [-0.2, -0.15) is 8.42 Å². The van der Waals surface area contributed by atoms with Gasteiger partial charge in [-0.3, -0.25) is 9.54 Å². The van der Waals surface area contributed by atoms with Crippen molar-refractivity contribution in [2.24, 2.45) is 0 Å². The van der Waals surface area contributed by atoms with Crippen LogP contribution in [0.1, 0.15) is 41.8 Å². The lowest BCUT2D eigenvalue weighted by Crippen LogP contribution is -2.13. The molecule has 124 valence electrons. The van der Waals surface area contributed by atoms with E-state index in [9.17, 15) is 18.1 Å². The number of rotatable bonds is 7. The SMILES string of the molecule is CCC(c1nccc(CCCc2ccccc2)c1O)S(=O)(=O)O. The molecule has 0 bridgehead atoms. The third kappa shape index (κ3) is 4.53. The topological polar surface area (TPSA) is 87.5 Å². The van der Waals surface area contributed by atoms with Crippen molar-refractivity contribution in [3.63, 3.8) is 0 Å². The first kappa shape index (κ1) is 17.4. The highest BCUT2D eigenvalue weighted by atomic mass is 32.2. The van der Waals surface area contributed by atoms with Crippen molar-refractivity contribution >= 4 is 10.1 Å². The molecule has 1 aromatic heterocycles. The molecule has 0 radical (unpaired) electrons. The molecule has 0 amide bonds. The molecule has 0 spiro atoms. The number of nitrogens with zero attached hydrogens (tertiary/aromatic N) is 1. The average Bonchev–Trinajstić information content (AvgIpc) is 2.51. The van der Waals surface area contributed by atoms with Crippen molar-refractivity contribution in [1.29, 1.82) is 0 Å². The van der Waals surface area contributed by atoms with Gasteiger partial charge in [-0.05, 0) is 42.9 Å². The molecule has 1 heterocycles. The summed E-state index contributed by atoms with van der Waals surface area (Å²) in [5.74, 6) is -0.134. The van der Waals surface area contributed by atoms with E-state index in [1.165, 1.54) is 11.8 Å². The normalized spacial score (nSPS) is 13.0. The molecule has 0 aliphatic carbocycles. The van der Waals surface area contributed by atoms with E-state index < -0.39 is 15.4 Å². The van der Waals surface area contributed by atoms with E-state index in [0.29, 0.717) is 12.0 Å². The monoisotopic (exact) mass is 335 g/mol. The zero-order valence-electron chi connectivity index (χ0n) is 13.0. The van der Waals surface area contributed by atoms with Crippen molar-refractivity contribution in [3.05, 3.63) is 59.4 Å². The molecule has 1 unspecified atom stereocenters. The smallest absolute Gasteiger partial charge is 0.273 e. The largest absolute Gasteiger partial charge is 0.506 e. The van der Waals surface area contributed by atoms with Crippen LogP contribution in [0.4, 0.5) is 0 Å². The highest BCUT2D eigenvalue weighted by Crippen LogP contribution is 2.33. The maximum Gasteiger partial charge on any atom is 0.273 e. The van der Waals surface area contributed by atoms with Gasteiger partial charge >= 0.3 is 0 Å². The van der Waals surface area contributed by atoms with Gasteiger partial charge < -0.3 is 5.11 Å². The van der Waals surface area contributed by atoms with Crippen LogP contribution in [-0.4, -0.2) is 23.1 Å². The van der Waals surface area contributed by atoms with Crippen molar-refractivity contribution < 1.29 is 18.1 Å². The van der Waals surface area contributed by atoms with Gasteiger partial charge in [-0.25, -0.2) is 0 Å². The summed E-state index contributed by atoms with van der Waals surface area (Å²) in [7, 11) is -4.29. The molecule has 5 nitrogen and oxygen atoms in total. The number of hydrogen-bond acceptors (Lipinski definition) is 4. The van der Waals surface area contributed by atoms with Crippen LogP contribution in [0.5, 0.6) is 5.75 Å². The zero-order valence-corrected chi connectivity index (χ0v) is 13.8. The molecule has 0 aliphatic heterocycles. The summed E-state index contributed by atoms with van der Waals surface area (Å²) in [4.78, 5) is 3.95. The van der Waals surface area contributed by atoms with Crippen LogP contribution >= 0.6 is 0 Å². The number of aromatic nitrogens is 1. The number of aromatic hydroxyl groups is 1. The number of benzene rings is 1. The highest BCUT2D eigenvalue weighted by molar-refractivity contribution is 7.86. The minimum Gasteiger partial charge on any atom is -0.506 e. The lowest BCUT2D eigenvalue weighted by molar-refractivity contribution is 0.438. The Labute approximate surface area is 136 Å². The van der Waals surface area contributed by atoms with Crippen LogP contribution in [0, 0.1) is 0 Å². The maximum atomic E-state index is 11.4. The van der Waals surface area contributed by atoms with Crippen molar-refractivity contribution in [2.75, 3.05) is 0 Å². The van der Waals surface area contributed by atoms with E-state index in [2.05, 4.69) is 4.98 Å². The maximum absolute atomic E-state index is 11.4. The minimum atomic E-state index is -4.29. The molecular weight excluding hydrogens is 314 g/mol. The van der Waals surface area contributed by atoms with Crippen LogP contribution in [-0.2, 0) is 23.0 Å². The molecule has 0 fully saturated rings. The van der Waals surface area contributed by atoms with Gasteiger partial charge in [0.1, 0.15) is 16.7 Å². The summed E-state index contributed by atoms with van der Waals surface area (Å²) in [5.41, 5.74) is 1.88. The van der Waals surface area contributed by atoms with Gasteiger partial charge in [0.2, 0.25) is 0 Å². The Balaban J connectivity index is 2.13. The third-order valence-corrected chi connectivity index (χ3v) is 5.10. The Bertz CT molecular complexity index is 744. The van der Waals surface area contributed by atoms with Gasteiger partial charge in [0.25, 0.3) is 10.1 Å². The second kappa shape index (κ2) is 7.57. The summed E-state index contributed by atoms with van der Waals surface area (Å²) < 4.78 is 32.2. The average molecular weight is 335 g/mol. The minimum absolute atomic E-state index is 0.0206. The summed E-state index contributed by atoms with van der Waals surface area (Å²) in [6, 6.07) is 11.7. The molecule has 0 aliphatic rings. The molecule has 23 heavy (non-hydrogen) atoms. The van der Waals surface area contributed by atoms with Crippen LogP contribution in [0.3, 0.4) is 0 Å². The predicted molar refractivity (Wildman–Crippen MR) is 88.9 cm³/mol. The molecule has 6 heteroatoms. The van der Waals surface area contributed by atoms with Crippen LogP contribution < -0.4 is 0 Å². The summed E-state index contributed by atoms with van der Waals surface area (Å²) in [5, 5.41) is 9.12. The summed E-state index contributed by atoms with van der Waals surface area (Å²) in [6.07, 6.45) is 3.92. The van der Waals surface area contributed by atoms with Gasteiger partial charge in [-0.1, -0.05) is 37.3 Å². The van der Waals surface area contributed by atoms with Crippen molar-refractivity contribution in [2.45, 2.75) is 37.9 Å². The van der Waals surface area contributed by atoms with Crippen LogP contribution in [0.15, 0.2) is 42.6 Å². The van der Waals surface area contributed by atoms with Gasteiger partial charge in [0.05, 0.1) is 0 Å². The molecule has 0 saturated heterocycles. The van der Waals surface area contributed by atoms with E-state index in [4.69, 9.17) is 0 Å². The quantitative estimate of drug-likeness (QED) is 0.758. The molecular formula is C17H21NO4S. The molecule has 1 atom stereocenters. The van der Waals surface area contributed by atoms with Crippen molar-refractivity contribution in [3.8, 4) is 5.75 Å². The van der Waals surface area contributed by atoms with Gasteiger partial charge in [0.15, 0.2) is 0 Å². The van der Waals surface area contributed by atoms with E-state index in [1.54, 1.807) is 13.0 Å². The highest BCUT2D eigenvalue weighted by Gasteiger charge is 2.28. The molecule has 0 saturated carbocycles. The fourth-order valence-electron chi connectivity index (χ4n) is 2.62. The Morgan fingerprint density at radius 3 is 2.43 bits per heavy atom. The molecule has 2 rings (SSSR count). The van der Waals surface area contributed by atoms with Crippen LogP contribution in [0.2, 0.25) is 0 Å². The lowest BCUT2D eigenvalue weighted by Gasteiger charge is -2.14.